The average molecular weight is 149 g/mol. The number of alkyl halides is 4. The van der Waals surface area contributed by atoms with Gasteiger partial charge in [-0.1, -0.05) is 0 Å². The zero-order valence-corrected chi connectivity index (χ0v) is 4.89. The summed E-state index contributed by atoms with van der Waals surface area (Å²) in [6.45, 7) is -1.11. The molecule has 0 fully saturated rings. The molecule has 0 nitrogen and oxygen atoms in total. The fraction of sp³-hybridized carbons (Fsp3) is 1.00. The zero-order valence-electron chi connectivity index (χ0n) is 3.37. The van der Waals surface area contributed by atoms with Crippen molar-refractivity contribution in [1.29, 1.82) is 0 Å². The molecule has 0 aromatic rings. The molecule has 0 aliphatic heterocycles. The third-order valence-electron chi connectivity index (χ3n) is 0.421. The van der Waals surface area contributed by atoms with Crippen LogP contribution in [-0.4, -0.2) is 17.7 Å². The largest absolute Gasteiger partial charge is 0.248 e. The summed E-state index contributed by atoms with van der Waals surface area (Å²) in [4.78, 5) is -1.23. The SMILES string of the molecule is FCC(F)C(Cl)Cl. The lowest BCUT2D eigenvalue weighted by Gasteiger charge is -1.99. The Morgan fingerprint density at radius 3 is 1.86 bits per heavy atom. The molecule has 0 radical (unpaired) electrons. The molecule has 7 heavy (non-hydrogen) atoms. The van der Waals surface area contributed by atoms with Crippen molar-refractivity contribution in [3.8, 4) is 0 Å². The molecule has 0 aliphatic carbocycles. The van der Waals surface area contributed by atoms with Gasteiger partial charge in [0.2, 0.25) is 0 Å². The monoisotopic (exact) mass is 148 g/mol. The molecule has 0 saturated heterocycles. The van der Waals surface area contributed by atoms with Gasteiger partial charge >= 0.3 is 0 Å². The minimum absolute atomic E-state index is 1.11. The first-order chi connectivity index (χ1) is 3.18. The van der Waals surface area contributed by atoms with Gasteiger partial charge in [0.15, 0.2) is 6.17 Å². The molecular weight excluding hydrogens is 145 g/mol. The first kappa shape index (κ1) is 7.44. The lowest BCUT2D eigenvalue weighted by atomic mass is 10.5. The molecule has 0 amide bonds. The van der Waals surface area contributed by atoms with E-state index in [4.69, 9.17) is 23.2 Å². The first-order valence-electron chi connectivity index (χ1n) is 1.66. The molecular formula is C3H4Cl2F2. The van der Waals surface area contributed by atoms with Crippen LogP contribution in [0.1, 0.15) is 0 Å². The van der Waals surface area contributed by atoms with Crippen molar-refractivity contribution in [2.75, 3.05) is 6.67 Å². The van der Waals surface area contributed by atoms with E-state index in [1.54, 1.807) is 0 Å². The molecule has 0 heterocycles. The summed E-state index contributed by atoms with van der Waals surface area (Å²) in [6.07, 6.45) is -1.73. The van der Waals surface area contributed by atoms with Gasteiger partial charge in [-0.2, -0.15) is 0 Å². The maximum Gasteiger partial charge on any atom is 0.158 e. The van der Waals surface area contributed by atoms with E-state index in [2.05, 4.69) is 0 Å². The van der Waals surface area contributed by atoms with Crippen molar-refractivity contribution in [3.63, 3.8) is 0 Å². The van der Waals surface area contributed by atoms with E-state index < -0.39 is 17.7 Å². The van der Waals surface area contributed by atoms with Crippen LogP contribution >= 0.6 is 23.2 Å². The van der Waals surface area contributed by atoms with Crippen molar-refractivity contribution in [3.05, 3.63) is 0 Å². The van der Waals surface area contributed by atoms with Gasteiger partial charge in [0.05, 0.1) is 0 Å². The smallest absolute Gasteiger partial charge is 0.158 e. The van der Waals surface area contributed by atoms with Crippen LogP contribution in [0.2, 0.25) is 0 Å². The molecule has 44 valence electrons. The van der Waals surface area contributed by atoms with E-state index >= 15 is 0 Å². The molecule has 1 atom stereocenters. The van der Waals surface area contributed by atoms with Gasteiger partial charge in [-0.05, 0) is 0 Å². The molecule has 1 unspecified atom stereocenters. The maximum absolute atomic E-state index is 11.6. The van der Waals surface area contributed by atoms with E-state index in [1.165, 1.54) is 0 Å². The Bertz CT molecular complexity index is 48.2. The Morgan fingerprint density at radius 1 is 1.43 bits per heavy atom. The van der Waals surface area contributed by atoms with Crippen LogP contribution in [0.4, 0.5) is 8.78 Å². The summed E-state index contributed by atoms with van der Waals surface area (Å²) in [5.41, 5.74) is 0. The quantitative estimate of drug-likeness (QED) is 0.527. The van der Waals surface area contributed by atoms with Gasteiger partial charge in [-0.3, -0.25) is 0 Å². The molecule has 0 bridgehead atoms. The summed E-state index contributed by atoms with van der Waals surface area (Å²) in [5.74, 6) is 0. The second-order valence-corrected chi connectivity index (χ2v) is 2.17. The van der Waals surface area contributed by atoms with Gasteiger partial charge in [-0.15, -0.1) is 23.2 Å². The highest BCUT2D eigenvalue weighted by Gasteiger charge is 2.13. The Labute approximate surface area is 50.4 Å². The minimum Gasteiger partial charge on any atom is -0.248 e. The second-order valence-electron chi connectivity index (χ2n) is 1.00. The van der Waals surface area contributed by atoms with Gasteiger partial charge in [0.1, 0.15) is 11.5 Å². The minimum atomic E-state index is -1.73. The molecule has 0 aliphatic rings. The Balaban J connectivity index is 3.14. The number of rotatable bonds is 2. The van der Waals surface area contributed by atoms with Crippen molar-refractivity contribution in [2.45, 2.75) is 11.0 Å². The topological polar surface area (TPSA) is 0 Å². The zero-order chi connectivity index (χ0) is 5.86. The lowest BCUT2D eigenvalue weighted by Crippen LogP contribution is -2.11. The molecule has 0 aromatic heterocycles. The predicted octanol–water partition coefficient (Wildman–Crippen LogP) is 2.10. The number of hydrogen-bond donors (Lipinski definition) is 0. The molecule has 0 saturated carbocycles. The highest BCUT2D eigenvalue weighted by atomic mass is 35.5. The molecule has 0 rings (SSSR count). The summed E-state index contributed by atoms with van der Waals surface area (Å²) in [5, 5.41) is 0. The maximum atomic E-state index is 11.6. The highest BCUT2D eigenvalue weighted by Crippen LogP contribution is 2.10. The fourth-order valence-corrected chi connectivity index (χ4v) is 0.202. The number of halogens is 4. The average Bonchev–Trinajstić information content (AvgIpc) is 1.65. The van der Waals surface area contributed by atoms with Crippen molar-refractivity contribution in [1.82, 2.24) is 0 Å². The molecule has 4 heteroatoms. The summed E-state index contributed by atoms with van der Waals surface area (Å²) >= 11 is 9.76. The van der Waals surface area contributed by atoms with Crippen LogP contribution in [0.5, 0.6) is 0 Å². The Kier molecular flexibility index (Phi) is 3.66. The lowest BCUT2D eigenvalue weighted by molar-refractivity contribution is 0.275. The normalized spacial score (nSPS) is 15.0. The van der Waals surface area contributed by atoms with Crippen LogP contribution in [-0.2, 0) is 0 Å². The standard InChI is InChI=1S/C3H4Cl2F2/c4-3(5)2(7)1-6/h2-3H,1H2. The third kappa shape index (κ3) is 3.06. The van der Waals surface area contributed by atoms with Crippen molar-refractivity contribution < 1.29 is 8.78 Å². The van der Waals surface area contributed by atoms with E-state index in [0.717, 1.165) is 0 Å². The van der Waals surface area contributed by atoms with Crippen LogP contribution in [0.15, 0.2) is 0 Å². The van der Waals surface area contributed by atoms with Crippen molar-refractivity contribution >= 4 is 23.2 Å². The molecule has 0 N–H and O–H groups in total. The fourth-order valence-electron chi connectivity index (χ4n) is 0.0673. The van der Waals surface area contributed by atoms with Crippen LogP contribution in [0.25, 0.3) is 0 Å². The van der Waals surface area contributed by atoms with E-state index in [1.807, 2.05) is 0 Å². The Morgan fingerprint density at radius 2 is 1.86 bits per heavy atom. The second kappa shape index (κ2) is 3.44. The van der Waals surface area contributed by atoms with Crippen LogP contribution < -0.4 is 0 Å². The van der Waals surface area contributed by atoms with E-state index in [9.17, 15) is 8.78 Å². The summed E-state index contributed by atoms with van der Waals surface area (Å²) in [6, 6.07) is 0. The van der Waals surface area contributed by atoms with Crippen LogP contribution in [0, 0.1) is 0 Å². The predicted molar refractivity (Wildman–Crippen MR) is 26.4 cm³/mol. The summed E-state index contributed by atoms with van der Waals surface area (Å²) < 4.78 is 22.7. The van der Waals surface area contributed by atoms with Crippen LogP contribution in [0.3, 0.4) is 0 Å². The van der Waals surface area contributed by atoms with Gasteiger partial charge in [0, 0.05) is 0 Å². The highest BCUT2D eigenvalue weighted by molar-refractivity contribution is 6.44. The summed E-state index contributed by atoms with van der Waals surface area (Å²) in [7, 11) is 0. The van der Waals surface area contributed by atoms with Gasteiger partial charge in [-0.25, -0.2) is 8.78 Å². The van der Waals surface area contributed by atoms with E-state index in [-0.39, 0.29) is 0 Å². The van der Waals surface area contributed by atoms with Crippen molar-refractivity contribution in [2.24, 2.45) is 0 Å². The van der Waals surface area contributed by atoms with E-state index in [0.29, 0.717) is 0 Å². The molecule has 0 spiro atoms. The first-order valence-corrected chi connectivity index (χ1v) is 2.54. The molecule has 0 aromatic carbocycles. The third-order valence-corrected chi connectivity index (χ3v) is 0.968. The van der Waals surface area contributed by atoms with Gasteiger partial charge in [0.25, 0.3) is 0 Å². The van der Waals surface area contributed by atoms with Gasteiger partial charge < -0.3 is 0 Å². The Hall–Kier alpha value is 0.440. The number of hydrogen-bond acceptors (Lipinski definition) is 0.